The lowest BCUT2D eigenvalue weighted by Gasteiger charge is -2.06. The number of aryl methyl sites for hydroxylation is 2. The first-order valence-electron chi connectivity index (χ1n) is 6.85. The number of ether oxygens (including phenoxy) is 1. The van der Waals surface area contributed by atoms with E-state index in [2.05, 4.69) is 42.2 Å². The van der Waals surface area contributed by atoms with Crippen LogP contribution in [0, 0.1) is 13.8 Å². The minimum absolute atomic E-state index is 0.0241. The van der Waals surface area contributed by atoms with Gasteiger partial charge in [-0.15, -0.1) is 0 Å². The van der Waals surface area contributed by atoms with E-state index in [1.54, 1.807) is 0 Å². The quantitative estimate of drug-likeness (QED) is 0.921. The number of rotatable bonds is 3. The molecule has 2 heterocycles. The molecule has 20 heavy (non-hydrogen) atoms. The molecule has 2 N–H and O–H groups in total. The van der Waals surface area contributed by atoms with Crippen molar-refractivity contribution in [3.05, 3.63) is 46.6 Å². The zero-order chi connectivity index (χ0) is 14.1. The van der Waals surface area contributed by atoms with Crippen LogP contribution in [-0.4, -0.2) is 29.4 Å². The van der Waals surface area contributed by atoms with Crippen LogP contribution in [0.4, 0.5) is 0 Å². The van der Waals surface area contributed by atoms with Gasteiger partial charge in [0.25, 0.3) is 0 Å². The lowest BCUT2D eigenvalue weighted by atomic mass is 10.0. The summed E-state index contributed by atoms with van der Waals surface area (Å²) in [6.45, 7) is 5.33. The molecule has 3 rings (SSSR count). The number of aromatic nitrogens is 2. The molecule has 2 atom stereocenters. The van der Waals surface area contributed by atoms with E-state index in [-0.39, 0.29) is 12.0 Å². The Kier molecular flexibility index (Phi) is 3.54. The Hall–Kier alpha value is -1.72. The highest BCUT2D eigenvalue weighted by molar-refractivity contribution is 5.31. The Morgan fingerprint density at radius 3 is 2.80 bits per heavy atom. The highest BCUT2D eigenvalue weighted by atomic mass is 16.5. The highest BCUT2D eigenvalue weighted by Gasteiger charge is 2.31. The van der Waals surface area contributed by atoms with Crippen LogP contribution in [0.2, 0.25) is 0 Å². The first-order chi connectivity index (χ1) is 9.63. The van der Waals surface area contributed by atoms with Crippen molar-refractivity contribution in [2.75, 3.05) is 13.2 Å². The molecule has 106 valence electrons. The third-order valence-corrected chi connectivity index (χ3v) is 3.86. The summed E-state index contributed by atoms with van der Waals surface area (Å²) in [6, 6.07) is 6.33. The predicted molar refractivity (Wildman–Crippen MR) is 74.6 cm³/mol. The topological polar surface area (TPSA) is 74.2 Å². The second-order valence-corrected chi connectivity index (χ2v) is 5.45. The van der Waals surface area contributed by atoms with E-state index in [0.29, 0.717) is 31.3 Å². The summed E-state index contributed by atoms with van der Waals surface area (Å²) in [5.41, 5.74) is 9.71. The molecule has 1 aliphatic heterocycles. The average Bonchev–Trinajstić information content (AvgIpc) is 3.03. The molecule has 0 amide bonds. The van der Waals surface area contributed by atoms with Gasteiger partial charge >= 0.3 is 0 Å². The summed E-state index contributed by atoms with van der Waals surface area (Å²) >= 11 is 0. The maximum absolute atomic E-state index is 5.96. The normalized spacial score (nSPS) is 22.4. The third kappa shape index (κ3) is 2.59. The van der Waals surface area contributed by atoms with E-state index >= 15 is 0 Å². The highest BCUT2D eigenvalue weighted by Crippen LogP contribution is 2.23. The monoisotopic (exact) mass is 273 g/mol. The van der Waals surface area contributed by atoms with Crippen LogP contribution in [0.5, 0.6) is 0 Å². The first kappa shape index (κ1) is 13.3. The van der Waals surface area contributed by atoms with E-state index in [1.807, 2.05) is 0 Å². The molecule has 0 radical (unpaired) electrons. The van der Waals surface area contributed by atoms with Gasteiger partial charge < -0.3 is 15.0 Å². The zero-order valence-corrected chi connectivity index (χ0v) is 11.8. The van der Waals surface area contributed by atoms with Crippen LogP contribution in [0.1, 0.15) is 34.3 Å². The van der Waals surface area contributed by atoms with Crippen molar-refractivity contribution in [3.63, 3.8) is 0 Å². The Balaban J connectivity index is 1.75. The van der Waals surface area contributed by atoms with E-state index in [9.17, 15) is 0 Å². The second kappa shape index (κ2) is 5.34. The fourth-order valence-corrected chi connectivity index (χ4v) is 2.41. The minimum atomic E-state index is -0.0510. The molecular formula is C15H19N3O2. The molecule has 0 spiro atoms. The van der Waals surface area contributed by atoms with Crippen molar-refractivity contribution in [2.45, 2.75) is 32.2 Å². The summed E-state index contributed by atoms with van der Waals surface area (Å²) < 4.78 is 10.7. The number of hydrogen-bond acceptors (Lipinski definition) is 5. The van der Waals surface area contributed by atoms with Gasteiger partial charge in [-0.1, -0.05) is 23.4 Å². The summed E-state index contributed by atoms with van der Waals surface area (Å²) in [5, 5.41) is 4.05. The molecule has 5 heteroatoms. The predicted octanol–water partition coefficient (Wildman–Crippen LogP) is 1.72. The second-order valence-electron chi connectivity index (χ2n) is 5.45. The summed E-state index contributed by atoms with van der Waals surface area (Å²) in [7, 11) is 0. The molecule has 1 fully saturated rings. The van der Waals surface area contributed by atoms with E-state index < -0.39 is 0 Å². The largest absolute Gasteiger partial charge is 0.379 e. The van der Waals surface area contributed by atoms with Crippen LogP contribution in [0.3, 0.4) is 0 Å². The molecule has 1 aromatic carbocycles. The first-order valence-corrected chi connectivity index (χ1v) is 6.85. The fourth-order valence-electron chi connectivity index (χ4n) is 2.41. The van der Waals surface area contributed by atoms with Crippen molar-refractivity contribution in [1.29, 1.82) is 0 Å². The lowest BCUT2D eigenvalue weighted by Crippen LogP contribution is -2.27. The van der Waals surface area contributed by atoms with Crippen molar-refractivity contribution < 1.29 is 9.26 Å². The van der Waals surface area contributed by atoms with Crippen molar-refractivity contribution >= 4 is 0 Å². The molecule has 2 aromatic rings. The number of benzene rings is 1. The van der Waals surface area contributed by atoms with Gasteiger partial charge in [-0.25, -0.2) is 0 Å². The molecule has 0 saturated carbocycles. The van der Waals surface area contributed by atoms with E-state index in [0.717, 1.165) is 0 Å². The van der Waals surface area contributed by atoms with Gasteiger partial charge in [0.05, 0.1) is 19.1 Å². The Morgan fingerprint density at radius 1 is 1.25 bits per heavy atom. The molecule has 1 saturated heterocycles. The average molecular weight is 273 g/mol. The van der Waals surface area contributed by atoms with Crippen LogP contribution in [0.25, 0.3) is 0 Å². The Labute approximate surface area is 118 Å². The smallest absolute Gasteiger partial charge is 0.233 e. The van der Waals surface area contributed by atoms with Crippen LogP contribution in [0.15, 0.2) is 22.7 Å². The van der Waals surface area contributed by atoms with Crippen LogP contribution < -0.4 is 5.73 Å². The third-order valence-electron chi connectivity index (χ3n) is 3.86. The molecule has 1 aromatic heterocycles. The molecule has 0 bridgehead atoms. The van der Waals surface area contributed by atoms with Crippen LogP contribution in [-0.2, 0) is 11.2 Å². The molecule has 0 aliphatic carbocycles. The van der Waals surface area contributed by atoms with Gasteiger partial charge in [-0.3, -0.25) is 0 Å². The van der Waals surface area contributed by atoms with Gasteiger partial charge in [-0.2, -0.15) is 4.98 Å². The van der Waals surface area contributed by atoms with E-state index in [1.165, 1.54) is 16.7 Å². The number of hydrogen-bond donors (Lipinski definition) is 1. The van der Waals surface area contributed by atoms with Crippen molar-refractivity contribution in [1.82, 2.24) is 10.1 Å². The van der Waals surface area contributed by atoms with Crippen LogP contribution >= 0.6 is 0 Å². The maximum atomic E-state index is 5.96. The zero-order valence-electron chi connectivity index (χ0n) is 11.8. The number of nitrogens with two attached hydrogens (primary N) is 1. The SMILES string of the molecule is Cc1ccc(Cc2noc(C3COCC3N)n2)cc1C. The van der Waals surface area contributed by atoms with E-state index in [4.69, 9.17) is 15.0 Å². The summed E-state index contributed by atoms with van der Waals surface area (Å²) in [4.78, 5) is 4.45. The van der Waals surface area contributed by atoms with Crippen molar-refractivity contribution in [3.8, 4) is 0 Å². The van der Waals surface area contributed by atoms with Gasteiger partial charge in [0, 0.05) is 12.5 Å². The molecule has 1 aliphatic rings. The van der Waals surface area contributed by atoms with Crippen molar-refractivity contribution in [2.24, 2.45) is 5.73 Å². The molecular weight excluding hydrogens is 254 g/mol. The minimum Gasteiger partial charge on any atom is -0.379 e. The number of nitrogens with zero attached hydrogens (tertiary/aromatic N) is 2. The Morgan fingerprint density at radius 2 is 2.10 bits per heavy atom. The fraction of sp³-hybridized carbons (Fsp3) is 0.467. The maximum Gasteiger partial charge on any atom is 0.233 e. The summed E-state index contributed by atoms with van der Waals surface area (Å²) in [5.74, 6) is 1.31. The molecule has 5 nitrogen and oxygen atoms in total. The van der Waals surface area contributed by atoms with Gasteiger partial charge in [0.2, 0.25) is 5.89 Å². The van der Waals surface area contributed by atoms with Gasteiger partial charge in [-0.05, 0) is 30.5 Å². The standard InChI is InChI=1S/C15H19N3O2/c1-9-3-4-11(5-10(9)2)6-14-17-15(20-18-14)12-7-19-8-13(12)16/h3-5,12-13H,6-8,16H2,1-2H3. The Bertz CT molecular complexity index is 609. The summed E-state index contributed by atoms with van der Waals surface area (Å²) in [6.07, 6.45) is 0.674. The molecule has 2 unspecified atom stereocenters. The lowest BCUT2D eigenvalue weighted by molar-refractivity contribution is 0.187. The van der Waals surface area contributed by atoms with Gasteiger partial charge in [0.15, 0.2) is 5.82 Å². The van der Waals surface area contributed by atoms with Gasteiger partial charge in [0.1, 0.15) is 0 Å².